The summed E-state index contributed by atoms with van der Waals surface area (Å²) >= 11 is 0. The molecule has 1 N–H and O–H groups in total. The molecule has 50 valence electrons. The molecule has 2 rings (SSSR count). The third-order valence-corrected chi connectivity index (χ3v) is 2.18. The number of rotatable bonds is 0. The lowest BCUT2D eigenvalue weighted by atomic mass is 9.99. The second kappa shape index (κ2) is 2.01. The molecule has 1 fully saturated rings. The van der Waals surface area contributed by atoms with Gasteiger partial charge in [0.2, 0.25) is 0 Å². The van der Waals surface area contributed by atoms with E-state index in [0.717, 1.165) is 19.0 Å². The van der Waals surface area contributed by atoms with E-state index < -0.39 is 0 Å². The fraction of sp³-hybridized carbons (Fsp3) is 0.857. The Hall–Kier alpha value is -0.530. The molecule has 0 aromatic rings. The standard InChI is InChI=1S/C7H12N2/c1-2-6-3-5-9-7(6)8-4-1/h6H,1-5H2,(H,8,9). The van der Waals surface area contributed by atoms with E-state index in [2.05, 4.69) is 10.3 Å². The number of amidine groups is 1. The third kappa shape index (κ3) is 0.824. The lowest BCUT2D eigenvalue weighted by Gasteiger charge is -2.13. The van der Waals surface area contributed by atoms with Crippen LogP contribution in [0.15, 0.2) is 4.99 Å². The first kappa shape index (κ1) is 5.27. The number of hydrogen-bond donors (Lipinski definition) is 1. The van der Waals surface area contributed by atoms with Gasteiger partial charge in [-0.15, -0.1) is 0 Å². The van der Waals surface area contributed by atoms with Crippen molar-refractivity contribution in [1.82, 2.24) is 5.32 Å². The van der Waals surface area contributed by atoms with Gasteiger partial charge in [0, 0.05) is 19.0 Å². The van der Waals surface area contributed by atoms with Crippen molar-refractivity contribution >= 4 is 5.84 Å². The molecule has 2 aliphatic rings. The highest BCUT2D eigenvalue weighted by Crippen LogP contribution is 2.20. The second-order valence-electron chi connectivity index (χ2n) is 2.82. The molecule has 0 aliphatic carbocycles. The molecule has 0 amide bonds. The van der Waals surface area contributed by atoms with Crippen molar-refractivity contribution in [3.8, 4) is 0 Å². The zero-order valence-corrected chi connectivity index (χ0v) is 5.56. The lowest BCUT2D eigenvalue weighted by Crippen LogP contribution is -2.23. The molecule has 2 heteroatoms. The van der Waals surface area contributed by atoms with Crippen molar-refractivity contribution in [3.05, 3.63) is 0 Å². The van der Waals surface area contributed by atoms with E-state index in [4.69, 9.17) is 0 Å². The largest absolute Gasteiger partial charge is 0.374 e. The van der Waals surface area contributed by atoms with Crippen LogP contribution in [0.25, 0.3) is 0 Å². The highest BCUT2D eigenvalue weighted by atomic mass is 15.0. The van der Waals surface area contributed by atoms with Crippen molar-refractivity contribution in [3.63, 3.8) is 0 Å². The van der Waals surface area contributed by atoms with Crippen LogP contribution in [-0.2, 0) is 0 Å². The molecular weight excluding hydrogens is 112 g/mol. The van der Waals surface area contributed by atoms with Crippen molar-refractivity contribution < 1.29 is 0 Å². The molecule has 0 saturated carbocycles. The van der Waals surface area contributed by atoms with Crippen LogP contribution in [0.5, 0.6) is 0 Å². The molecule has 1 unspecified atom stereocenters. The quantitative estimate of drug-likeness (QED) is 0.507. The first-order valence-corrected chi connectivity index (χ1v) is 3.75. The van der Waals surface area contributed by atoms with E-state index in [1.807, 2.05) is 0 Å². The average Bonchev–Trinajstić information content (AvgIpc) is 2.33. The minimum absolute atomic E-state index is 0.804. The van der Waals surface area contributed by atoms with E-state index >= 15 is 0 Å². The minimum Gasteiger partial charge on any atom is -0.374 e. The van der Waals surface area contributed by atoms with Crippen LogP contribution in [0.2, 0.25) is 0 Å². The summed E-state index contributed by atoms with van der Waals surface area (Å²) in [5, 5.41) is 3.31. The maximum absolute atomic E-state index is 4.40. The molecule has 2 heterocycles. The highest BCUT2D eigenvalue weighted by molar-refractivity contribution is 5.86. The maximum Gasteiger partial charge on any atom is 0.0995 e. The Balaban J connectivity index is 2.16. The van der Waals surface area contributed by atoms with Gasteiger partial charge >= 0.3 is 0 Å². The third-order valence-electron chi connectivity index (χ3n) is 2.18. The minimum atomic E-state index is 0.804. The van der Waals surface area contributed by atoms with Gasteiger partial charge in [0.15, 0.2) is 0 Å². The van der Waals surface area contributed by atoms with E-state index in [9.17, 15) is 0 Å². The molecule has 0 bridgehead atoms. The smallest absolute Gasteiger partial charge is 0.0995 e. The summed E-state index contributed by atoms with van der Waals surface area (Å²) < 4.78 is 0. The Morgan fingerprint density at radius 3 is 3.33 bits per heavy atom. The molecule has 1 atom stereocenters. The first-order valence-electron chi connectivity index (χ1n) is 3.75. The van der Waals surface area contributed by atoms with Gasteiger partial charge in [0.1, 0.15) is 0 Å². The predicted molar refractivity (Wildman–Crippen MR) is 37.6 cm³/mol. The molecule has 2 aliphatic heterocycles. The van der Waals surface area contributed by atoms with E-state index in [0.29, 0.717) is 0 Å². The summed E-state index contributed by atoms with van der Waals surface area (Å²) in [5.74, 6) is 2.10. The van der Waals surface area contributed by atoms with Gasteiger partial charge in [0.05, 0.1) is 5.84 Å². The molecular formula is C7H12N2. The molecule has 9 heavy (non-hydrogen) atoms. The summed E-state index contributed by atoms with van der Waals surface area (Å²) in [4.78, 5) is 4.40. The van der Waals surface area contributed by atoms with Crippen molar-refractivity contribution in [2.24, 2.45) is 10.9 Å². The summed E-state index contributed by atoms with van der Waals surface area (Å²) in [7, 11) is 0. The summed E-state index contributed by atoms with van der Waals surface area (Å²) in [5.41, 5.74) is 0. The van der Waals surface area contributed by atoms with Gasteiger partial charge < -0.3 is 5.32 Å². The normalized spacial score (nSPS) is 32.9. The van der Waals surface area contributed by atoms with Crippen LogP contribution < -0.4 is 5.32 Å². The number of fused-ring (bicyclic) bond motifs is 1. The first-order chi connectivity index (χ1) is 4.47. The van der Waals surface area contributed by atoms with Gasteiger partial charge in [-0.1, -0.05) is 0 Å². The molecule has 0 radical (unpaired) electrons. The second-order valence-corrected chi connectivity index (χ2v) is 2.82. The monoisotopic (exact) mass is 124 g/mol. The Morgan fingerprint density at radius 2 is 2.44 bits per heavy atom. The van der Waals surface area contributed by atoms with E-state index in [1.165, 1.54) is 25.1 Å². The Bertz CT molecular complexity index is 140. The van der Waals surface area contributed by atoms with E-state index in [1.54, 1.807) is 0 Å². The lowest BCUT2D eigenvalue weighted by molar-refractivity contribution is 0.573. The molecule has 0 aromatic carbocycles. The molecule has 2 nitrogen and oxygen atoms in total. The summed E-state index contributed by atoms with van der Waals surface area (Å²) in [6.07, 6.45) is 3.99. The number of hydrogen-bond acceptors (Lipinski definition) is 2. The fourth-order valence-electron chi connectivity index (χ4n) is 1.66. The Morgan fingerprint density at radius 1 is 1.44 bits per heavy atom. The van der Waals surface area contributed by atoms with Gasteiger partial charge in [-0.25, -0.2) is 0 Å². The summed E-state index contributed by atoms with van der Waals surface area (Å²) in [6.45, 7) is 2.21. The van der Waals surface area contributed by atoms with Crippen molar-refractivity contribution in [2.45, 2.75) is 19.3 Å². The number of nitrogens with zero attached hydrogens (tertiary/aromatic N) is 1. The van der Waals surface area contributed by atoms with E-state index in [-0.39, 0.29) is 0 Å². The maximum atomic E-state index is 4.40. The SMILES string of the molecule is C1CN=C2NCCC2C1. The van der Waals surface area contributed by atoms with Crippen LogP contribution >= 0.6 is 0 Å². The highest BCUT2D eigenvalue weighted by Gasteiger charge is 2.23. The Kier molecular flexibility index (Phi) is 1.18. The predicted octanol–water partition coefficient (Wildman–Crippen LogP) is 0.788. The molecule has 0 aromatic heterocycles. The zero-order valence-electron chi connectivity index (χ0n) is 5.56. The van der Waals surface area contributed by atoms with Gasteiger partial charge in [0.25, 0.3) is 0 Å². The van der Waals surface area contributed by atoms with Crippen LogP contribution in [0.1, 0.15) is 19.3 Å². The van der Waals surface area contributed by atoms with Crippen molar-refractivity contribution in [1.29, 1.82) is 0 Å². The van der Waals surface area contributed by atoms with Crippen LogP contribution in [-0.4, -0.2) is 18.9 Å². The average molecular weight is 124 g/mol. The van der Waals surface area contributed by atoms with Crippen LogP contribution in [0.3, 0.4) is 0 Å². The van der Waals surface area contributed by atoms with Gasteiger partial charge in [-0.3, -0.25) is 4.99 Å². The van der Waals surface area contributed by atoms with Crippen LogP contribution in [0.4, 0.5) is 0 Å². The fourth-order valence-corrected chi connectivity index (χ4v) is 1.66. The Labute approximate surface area is 55.4 Å². The zero-order chi connectivity index (χ0) is 6.10. The van der Waals surface area contributed by atoms with Crippen LogP contribution in [0, 0.1) is 5.92 Å². The van der Waals surface area contributed by atoms with Gasteiger partial charge in [-0.2, -0.15) is 0 Å². The topological polar surface area (TPSA) is 24.4 Å². The number of nitrogens with one attached hydrogen (secondary N) is 1. The molecule has 0 spiro atoms. The summed E-state index contributed by atoms with van der Waals surface area (Å²) in [6, 6.07) is 0. The van der Waals surface area contributed by atoms with Gasteiger partial charge in [-0.05, 0) is 19.3 Å². The number of aliphatic imine (C=N–C) groups is 1. The molecule has 1 saturated heterocycles. The van der Waals surface area contributed by atoms with Crippen molar-refractivity contribution in [2.75, 3.05) is 13.1 Å².